The molecule has 0 atom stereocenters. The van der Waals surface area contributed by atoms with Crippen LogP contribution in [0.2, 0.25) is 0 Å². The predicted molar refractivity (Wildman–Crippen MR) is 100 cm³/mol. The summed E-state index contributed by atoms with van der Waals surface area (Å²) in [6.07, 6.45) is -1.67. The third kappa shape index (κ3) is 5.71. The Kier molecular flexibility index (Phi) is 6.42. The SMILES string of the molecule is COc1cc(C(=O)Nc2cnn(Cc3cccc(C(F)(F)F)c3)c2)ccc1OC(F)F. The van der Waals surface area contributed by atoms with E-state index in [2.05, 4.69) is 15.2 Å². The number of hydrogen-bond acceptors (Lipinski definition) is 4. The Balaban J connectivity index is 1.69. The number of alkyl halides is 5. The molecule has 0 saturated carbocycles. The van der Waals surface area contributed by atoms with Crippen LogP contribution >= 0.6 is 0 Å². The number of nitrogens with one attached hydrogen (secondary N) is 1. The van der Waals surface area contributed by atoms with Crippen molar-refractivity contribution in [1.82, 2.24) is 9.78 Å². The number of methoxy groups -OCH3 is 1. The van der Waals surface area contributed by atoms with Crippen molar-refractivity contribution >= 4 is 11.6 Å². The fourth-order valence-electron chi connectivity index (χ4n) is 2.75. The lowest BCUT2D eigenvalue weighted by molar-refractivity contribution is -0.137. The minimum Gasteiger partial charge on any atom is -0.493 e. The van der Waals surface area contributed by atoms with Gasteiger partial charge in [0.05, 0.1) is 31.1 Å². The number of amides is 1. The third-order valence-electron chi connectivity index (χ3n) is 4.13. The highest BCUT2D eigenvalue weighted by molar-refractivity contribution is 6.04. The van der Waals surface area contributed by atoms with E-state index in [4.69, 9.17) is 4.74 Å². The summed E-state index contributed by atoms with van der Waals surface area (Å²) in [6, 6.07) is 8.53. The largest absolute Gasteiger partial charge is 0.493 e. The molecule has 0 unspecified atom stereocenters. The molecule has 6 nitrogen and oxygen atoms in total. The van der Waals surface area contributed by atoms with Gasteiger partial charge in [0.25, 0.3) is 5.91 Å². The van der Waals surface area contributed by atoms with Crippen molar-refractivity contribution in [1.29, 1.82) is 0 Å². The van der Waals surface area contributed by atoms with E-state index in [9.17, 15) is 26.7 Å². The average Bonchev–Trinajstić information content (AvgIpc) is 3.14. The van der Waals surface area contributed by atoms with E-state index in [1.54, 1.807) is 0 Å². The number of benzene rings is 2. The fraction of sp³-hybridized carbons (Fsp3) is 0.200. The van der Waals surface area contributed by atoms with Crippen LogP contribution in [0.1, 0.15) is 21.5 Å². The van der Waals surface area contributed by atoms with Crippen LogP contribution in [-0.4, -0.2) is 29.4 Å². The zero-order chi connectivity index (χ0) is 22.6. The Hall–Kier alpha value is -3.63. The van der Waals surface area contributed by atoms with Crippen LogP contribution in [-0.2, 0) is 12.7 Å². The molecule has 31 heavy (non-hydrogen) atoms. The molecule has 0 spiro atoms. The van der Waals surface area contributed by atoms with Crippen LogP contribution < -0.4 is 14.8 Å². The molecule has 11 heteroatoms. The van der Waals surface area contributed by atoms with Gasteiger partial charge in [-0.05, 0) is 35.9 Å². The van der Waals surface area contributed by atoms with Gasteiger partial charge in [-0.1, -0.05) is 12.1 Å². The number of halogens is 5. The quantitative estimate of drug-likeness (QED) is 0.535. The van der Waals surface area contributed by atoms with Gasteiger partial charge >= 0.3 is 12.8 Å². The van der Waals surface area contributed by atoms with Gasteiger partial charge in [0, 0.05) is 11.8 Å². The molecule has 0 saturated heterocycles. The summed E-state index contributed by atoms with van der Waals surface area (Å²) in [5, 5.41) is 6.59. The summed E-state index contributed by atoms with van der Waals surface area (Å²) in [4.78, 5) is 12.4. The standard InChI is InChI=1S/C20H16F5N3O3/c1-30-17-8-13(5-6-16(17)31-19(21)22)18(29)27-15-9-26-28(11-15)10-12-3-2-4-14(7-12)20(23,24)25/h2-9,11,19H,10H2,1H3,(H,27,29). The number of ether oxygens (including phenoxy) is 2. The van der Waals surface area contributed by atoms with Crippen molar-refractivity contribution in [3.05, 3.63) is 71.5 Å². The molecule has 0 aliphatic heterocycles. The van der Waals surface area contributed by atoms with Gasteiger partial charge in [0.2, 0.25) is 0 Å². The summed E-state index contributed by atoms with van der Waals surface area (Å²) >= 11 is 0. The van der Waals surface area contributed by atoms with Gasteiger partial charge in [-0.25, -0.2) is 0 Å². The summed E-state index contributed by atoms with van der Waals surface area (Å²) in [6.45, 7) is -2.98. The van der Waals surface area contributed by atoms with Crippen LogP contribution in [0.25, 0.3) is 0 Å². The normalized spacial score (nSPS) is 11.5. The highest BCUT2D eigenvalue weighted by Gasteiger charge is 2.30. The summed E-state index contributed by atoms with van der Waals surface area (Å²) in [5.41, 5.74) is 0.0296. The van der Waals surface area contributed by atoms with Crippen molar-refractivity contribution in [3.63, 3.8) is 0 Å². The molecule has 2 aromatic carbocycles. The number of carbonyl (C=O) groups excluding carboxylic acids is 1. The van der Waals surface area contributed by atoms with Crippen molar-refractivity contribution in [2.75, 3.05) is 12.4 Å². The van der Waals surface area contributed by atoms with Crippen molar-refractivity contribution < 1.29 is 36.2 Å². The van der Waals surface area contributed by atoms with E-state index >= 15 is 0 Å². The molecule has 164 valence electrons. The first-order valence-electron chi connectivity index (χ1n) is 8.78. The number of rotatable bonds is 7. The highest BCUT2D eigenvalue weighted by atomic mass is 19.4. The molecule has 0 aliphatic carbocycles. The molecule has 0 fully saturated rings. The Bertz CT molecular complexity index is 1070. The van der Waals surface area contributed by atoms with Crippen LogP contribution in [0.4, 0.5) is 27.6 Å². The van der Waals surface area contributed by atoms with Crippen LogP contribution in [0.15, 0.2) is 54.9 Å². The van der Waals surface area contributed by atoms with Crippen LogP contribution in [0.5, 0.6) is 11.5 Å². The minimum absolute atomic E-state index is 0.0480. The Morgan fingerprint density at radius 1 is 1.16 bits per heavy atom. The van der Waals surface area contributed by atoms with E-state index in [1.165, 1.54) is 54.5 Å². The monoisotopic (exact) mass is 441 g/mol. The molecule has 1 heterocycles. The van der Waals surface area contributed by atoms with Crippen molar-refractivity contribution in [2.45, 2.75) is 19.3 Å². The van der Waals surface area contributed by atoms with Gasteiger partial charge < -0.3 is 14.8 Å². The second-order valence-corrected chi connectivity index (χ2v) is 6.32. The maximum atomic E-state index is 12.8. The number of anilines is 1. The summed E-state index contributed by atoms with van der Waals surface area (Å²) in [7, 11) is 1.24. The maximum Gasteiger partial charge on any atom is 0.416 e. The Labute approximate surface area is 173 Å². The molecule has 0 aliphatic rings. The van der Waals surface area contributed by atoms with Crippen LogP contribution in [0.3, 0.4) is 0 Å². The van der Waals surface area contributed by atoms with Gasteiger partial charge in [0.15, 0.2) is 11.5 Å². The van der Waals surface area contributed by atoms with Gasteiger partial charge in [-0.2, -0.15) is 27.1 Å². The lowest BCUT2D eigenvalue weighted by Gasteiger charge is -2.11. The van der Waals surface area contributed by atoms with E-state index in [1.807, 2.05) is 0 Å². The van der Waals surface area contributed by atoms with E-state index < -0.39 is 24.3 Å². The molecule has 0 radical (unpaired) electrons. The molecule has 1 N–H and O–H groups in total. The number of carbonyl (C=O) groups is 1. The van der Waals surface area contributed by atoms with E-state index in [0.717, 1.165) is 12.1 Å². The summed E-state index contributed by atoms with van der Waals surface area (Å²) < 4.78 is 73.9. The molecular formula is C20H16F5N3O3. The van der Waals surface area contributed by atoms with Gasteiger partial charge in [-0.3, -0.25) is 9.48 Å². The molecule has 0 bridgehead atoms. The topological polar surface area (TPSA) is 65.4 Å². The average molecular weight is 441 g/mol. The molecule has 1 aromatic heterocycles. The molecular weight excluding hydrogens is 425 g/mol. The Morgan fingerprint density at radius 2 is 1.94 bits per heavy atom. The highest BCUT2D eigenvalue weighted by Crippen LogP contribution is 2.30. The fourth-order valence-corrected chi connectivity index (χ4v) is 2.75. The van der Waals surface area contributed by atoms with Crippen LogP contribution in [0, 0.1) is 0 Å². The van der Waals surface area contributed by atoms with E-state index in [0.29, 0.717) is 11.3 Å². The lowest BCUT2D eigenvalue weighted by atomic mass is 10.1. The second-order valence-electron chi connectivity index (χ2n) is 6.32. The zero-order valence-corrected chi connectivity index (χ0v) is 16.0. The smallest absolute Gasteiger partial charge is 0.416 e. The summed E-state index contributed by atoms with van der Waals surface area (Å²) in [5.74, 6) is -0.836. The zero-order valence-electron chi connectivity index (χ0n) is 16.0. The lowest BCUT2D eigenvalue weighted by Crippen LogP contribution is -2.12. The number of aromatic nitrogens is 2. The van der Waals surface area contributed by atoms with Gasteiger partial charge in [-0.15, -0.1) is 0 Å². The third-order valence-corrected chi connectivity index (χ3v) is 4.13. The van der Waals surface area contributed by atoms with Crippen molar-refractivity contribution in [2.24, 2.45) is 0 Å². The number of nitrogens with zero attached hydrogens (tertiary/aromatic N) is 2. The second kappa shape index (κ2) is 9.02. The Morgan fingerprint density at radius 3 is 2.61 bits per heavy atom. The van der Waals surface area contributed by atoms with E-state index in [-0.39, 0.29) is 23.6 Å². The molecule has 1 amide bonds. The predicted octanol–water partition coefficient (Wildman–Crippen LogP) is 4.81. The number of hydrogen-bond donors (Lipinski definition) is 1. The first kappa shape index (κ1) is 22.1. The minimum atomic E-state index is -4.45. The first-order valence-corrected chi connectivity index (χ1v) is 8.78. The van der Waals surface area contributed by atoms with Gasteiger partial charge in [0.1, 0.15) is 0 Å². The first-order chi connectivity index (χ1) is 14.7. The molecule has 3 aromatic rings. The maximum absolute atomic E-state index is 12.8. The molecule has 3 rings (SSSR count). The van der Waals surface area contributed by atoms with Crippen molar-refractivity contribution in [3.8, 4) is 11.5 Å².